The van der Waals surface area contributed by atoms with Crippen molar-refractivity contribution < 1.29 is 0 Å². The van der Waals surface area contributed by atoms with Crippen LogP contribution in [0.4, 0.5) is 0 Å². The third-order valence-corrected chi connectivity index (χ3v) is 8.58. The molecule has 2 fully saturated rings. The van der Waals surface area contributed by atoms with Crippen molar-refractivity contribution >= 4 is 11.1 Å². The first kappa shape index (κ1) is 21.4. The SMILES string of the molecule is C1=C[C@@H]2[C@@H](C1=C(c1ccccc1)c1ccccc1)[C@@H]1CC[C@@H]2C1=C(c1ccccc1)c1ccccc1. The highest BCUT2D eigenvalue weighted by Gasteiger charge is 2.54. The maximum Gasteiger partial charge on any atom is -0.00208 e. The Hall–Kier alpha value is -3.90. The Balaban J connectivity index is 1.44. The molecule has 174 valence electrons. The quantitative estimate of drug-likeness (QED) is 0.284. The second kappa shape index (κ2) is 8.95. The summed E-state index contributed by atoms with van der Waals surface area (Å²) in [6.07, 6.45) is 7.60. The van der Waals surface area contributed by atoms with Crippen LogP contribution in [-0.2, 0) is 0 Å². The zero-order chi connectivity index (χ0) is 23.9. The van der Waals surface area contributed by atoms with Crippen LogP contribution in [0.1, 0.15) is 35.1 Å². The molecule has 0 spiro atoms. The molecule has 0 aliphatic heterocycles. The van der Waals surface area contributed by atoms with E-state index in [1.54, 1.807) is 5.57 Å². The molecule has 0 amide bonds. The second-order valence-electron chi connectivity index (χ2n) is 10.4. The fraction of sp³-hybridized carbons (Fsp3) is 0.167. The van der Waals surface area contributed by atoms with E-state index in [1.165, 1.54) is 51.8 Å². The number of allylic oxidation sites excluding steroid dienone is 4. The minimum absolute atomic E-state index is 0.552. The van der Waals surface area contributed by atoms with Gasteiger partial charge in [0.15, 0.2) is 0 Å². The molecular weight excluding hydrogens is 432 g/mol. The van der Waals surface area contributed by atoms with Gasteiger partial charge in [-0.05, 0) is 75.5 Å². The Morgan fingerprint density at radius 2 is 0.889 bits per heavy atom. The Kier molecular flexibility index (Phi) is 5.32. The van der Waals surface area contributed by atoms with Gasteiger partial charge in [-0.3, -0.25) is 0 Å². The number of rotatable bonds is 4. The third-order valence-electron chi connectivity index (χ3n) is 8.58. The van der Waals surface area contributed by atoms with Crippen LogP contribution in [-0.4, -0.2) is 0 Å². The summed E-state index contributed by atoms with van der Waals surface area (Å²) < 4.78 is 0. The Labute approximate surface area is 214 Å². The van der Waals surface area contributed by atoms with E-state index < -0.39 is 0 Å². The minimum atomic E-state index is 0.552. The molecule has 0 radical (unpaired) electrons. The van der Waals surface area contributed by atoms with Crippen molar-refractivity contribution in [3.63, 3.8) is 0 Å². The molecule has 2 saturated carbocycles. The molecule has 2 bridgehead atoms. The summed E-state index contributed by atoms with van der Waals surface area (Å²) in [6.45, 7) is 0. The monoisotopic (exact) mass is 462 g/mol. The van der Waals surface area contributed by atoms with Crippen molar-refractivity contribution in [3.05, 3.63) is 167 Å². The van der Waals surface area contributed by atoms with E-state index in [4.69, 9.17) is 0 Å². The van der Waals surface area contributed by atoms with Crippen LogP contribution >= 0.6 is 0 Å². The van der Waals surface area contributed by atoms with E-state index in [2.05, 4.69) is 133 Å². The minimum Gasteiger partial charge on any atom is -0.0799 e. The van der Waals surface area contributed by atoms with Crippen LogP contribution in [0, 0.1) is 23.7 Å². The molecule has 0 nitrogen and oxygen atoms in total. The highest BCUT2D eigenvalue weighted by molar-refractivity contribution is 5.87. The summed E-state index contributed by atoms with van der Waals surface area (Å²) in [4.78, 5) is 0. The summed E-state index contributed by atoms with van der Waals surface area (Å²) in [5.74, 6) is 2.36. The third kappa shape index (κ3) is 3.44. The molecule has 0 N–H and O–H groups in total. The second-order valence-corrected chi connectivity index (χ2v) is 10.4. The van der Waals surface area contributed by atoms with Gasteiger partial charge in [-0.2, -0.15) is 0 Å². The number of fused-ring (bicyclic) bond motifs is 5. The average molecular weight is 463 g/mol. The van der Waals surface area contributed by atoms with Crippen LogP contribution in [0.5, 0.6) is 0 Å². The van der Waals surface area contributed by atoms with Gasteiger partial charge in [0.25, 0.3) is 0 Å². The van der Waals surface area contributed by atoms with E-state index in [0.717, 1.165) is 0 Å². The summed E-state index contributed by atoms with van der Waals surface area (Å²) in [5.41, 5.74) is 11.5. The largest absolute Gasteiger partial charge is 0.0799 e. The average Bonchev–Trinajstić information content (AvgIpc) is 3.64. The van der Waals surface area contributed by atoms with Crippen molar-refractivity contribution in [2.24, 2.45) is 23.7 Å². The molecule has 4 atom stereocenters. The predicted octanol–water partition coefficient (Wildman–Crippen LogP) is 8.83. The molecule has 0 unspecified atom stereocenters. The molecule has 36 heavy (non-hydrogen) atoms. The lowest BCUT2D eigenvalue weighted by atomic mass is 9.76. The van der Waals surface area contributed by atoms with Crippen molar-refractivity contribution in [2.45, 2.75) is 12.8 Å². The molecule has 0 heteroatoms. The van der Waals surface area contributed by atoms with E-state index in [0.29, 0.717) is 23.7 Å². The highest BCUT2D eigenvalue weighted by Crippen LogP contribution is 2.64. The highest BCUT2D eigenvalue weighted by atomic mass is 14.6. The van der Waals surface area contributed by atoms with E-state index >= 15 is 0 Å². The van der Waals surface area contributed by atoms with Crippen molar-refractivity contribution in [3.8, 4) is 0 Å². The molecule has 4 aromatic rings. The molecule has 0 heterocycles. The van der Waals surface area contributed by atoms with Crippen LogP contribution in [0.2, 0.25) is 0 Å². The molecule has 7 rings (SSSR count). The van der Waals surface area contributed by atoms with Gasteiger partial charge < -0.3 is 0 Å². The Morgan fingerprint density at radius 3 is 1.36 bits per heavy atom. The lowest BCUT2D eigenvalue weighted by Gasteiger charge is -2.27. The standard InChI is InChI=1S/C36H30/c1-5-13-25(14-6-1)33(26-15-7-2-8-16-26)31-23-21-29-30-22-24-32(35(29)31)36(30)34(27-17-9-3-10-18-27)28-19-11-4-12-20-28/h1-21,23,29-30,32,35H,22,24H2/t29-,30-,32-,35-/m0/s1. The molecule has 3 aliphatic rings. The normalized spacial score (nSPS) is 23.7. The van der Waals surface area contributed by atoms with Crippen LogP contribution in [0.15, 0.2) is 145 Å². The summed E-state index contributed by atoms with van der Waals surface area (Å²) in [7, 11) is 0. The van der Waals surface area contributed by atoms with E-state index in [1.807, 2.05) is 0 Å². The molecule has 0 saturated heterocycles. The van der Waals surface area contributed by atoms with Crippen LogP contribution in [0.3, 0.4) is 0 Å². The first-order chi connectivity index (χ1) is 17.9. The van der Waals surface area contributed by atoms with Gasteiger partial charge in [0.1, 0.15) is 0 Å². The summed E-state index contributed by atoms with van der Waals surface area (Å²) >= 11 is 0. The van der Waals surface area contributed by atoms with Gasteiger partial charge in [0, 0.05) is 0 Å². The first-order valence-corrected chi connectivity index (χ1v) is 13.3. The fourth-order valence-electron chi connectivity index (χ4n) is 7.28. The number of hydrogen-bond donors (Lipinski definition) is 0. The van der Waals surface area contributed by atoms with Gasteiger partial charge >= 0.3 is 0 Å². The first-order valence-electron chi connectivity index (χ1n) is 13.3. The van der Waals surface area contributed by atoms with Crippen molar-refractivity contribution in [1.29, 1.82) is 0 Å². The maximum absolute atomic E-state index is 2.54. The molecule has 0 aromatic heterocycles. The maximum atomic E-state index is 2.54. The van der Waals surface area contributed by atoms with Gasteiger partial charge in [0.05, 0.1) is 0 Å². The number of benzene rings is 4. The lowest BCUT2D eigenvalue weighted by Crippen LogP contribution is -2.19. The van der Waals surface area contributed by atoms with Gasteiger partial charge in [-0.25, -0.2) is 0 Å². The summed E-state index contributed by atoms with van der Waals surface area (Å²) in [6, 6.07) is 44.2. The van der Waals surface area contributed by atoms with Crippen molar-refractivity contribution in [1.82, 2.24) is 0 Å². The van der Waals surface area contributed by atoms with Gasteiger partial charge in [-0.15, -0.1) is 0 Å². The van der Waals surface area contributed by atoms with Crippen molar-refractivity contribution in [2.75, 3.05) is 0 Å². The molecule has 4 aromatic carbocycles. The van der Waals surface area contributed by atoms with E-state index in [9.17, 15) is 0 Å². The zero-order valence-electron chi connectivity index (χ0n) is 20.4. The fourth-order valence-corrected chi connectivity index (χ4v) is 7.28. The molecular formula is C36H30. The Morgan fingerprint density at radius 1 is 0.472 bits per heavy atom. The topological polar surface area (TPSA) is 0 Å². The summed E-state index contributed by atoms with van der Waals surface area (Å²) in [5, 5.41) is 0. The smallest absolute Gasteiger partial charge is 0.00208 e. The lowest BCUT2D eigenvalue weighted by molar-refractivity contribution is 0.322. The van der Waals surface area contributed by atoms with Crippen LogP contribution in [0.25, 0.3) is 11.1 Å². The van der Waals surface area contributed by atoms with Crippen LogP contribution < -0.4 is 0 Å². The van der Waals surface area contributed by atoms with E-state index in [-0.39, 0.29) is 0 Å². The predicted molar refractivity (Wildman–Crippen MR) is 150 cm³/mol. The number of hydrogen-bond acceptors (Lipinski definition) is 0. The van der Waals surface area contributed by atoms with Gasteiger partial charge in [-0.1, -0.05) is 139 Å². The molecule has 3 aliphatic carbocycles. The Bertz CT molecular complexity index is 1370. The zero-order valence-corrected chi connectivity index (χ0v) is 20.4. The van der Waals surface area contributed by atoms with Gasteiger partial charge in [0.2, 0.25) is 0 Å².